The van der Waals surface area contributed by atoms with E-state index in [0.717, 1.165) is 12.1 Å². The molecule has 3 aromatic rings. The standard InChI is InChI=1S/C17H14F3N5O2/c1-22-16(21)25-15(26)12-7-10-11(17(18,19)20)4-5-13(14(10)24-12)27-9-3-2-6-23-8-9/h2-8,24H,1H3,(H3,21,22,25,26). The largest absolute Gasteiger partial charge is 0.454 e. The van der Waals surface area contributed by atoms with E-state index < -0.39 is 17.6 Å². The number of benzene rings is 1. The summed E-state index contributed by atoms with van der Waals surface area (Å²) in [6, 6.07) is 6.36. The third-order valence-electron chi connectivity index (χ3n) is 3.63. The Bertz CT molecular complexity index is 1010. The lowest BCUT2D eigenvalue weighted by Crippen LogP contribution is -2.28. The lowest BCUT2D eigenvalue weighted by Gasteiger charge is -2.11. The van der Waals surface area contributed by atoms with Gasteiger partial charge < -0.3 is 20.8 Å². The Morgan fingerprint density at radius 2 is 2.11 bits per heavy atom. The number of nitrogens with one attached hydrogen (secondary N) is 2. The number of rotatable bonds is 3. The Kier molecular flexibility index (Phi) is 4.72. The summed E-state index contributed by atoms with van der Waals surface area (Å²) in [5.41, 5.74) is 4.38. The number of guanidine groups is 1. The molecule has 0 spiro atoms. The summed E-state index contributed by atoms with van der Waals surface area (Å²) in [5, 5.41) is 2.24. The van der Waals surface area contributed by atoms with Crippen molar-refractivity contribution in [3.8, 4) is 11.5 Å². The maximum atomic E-state index is 13.3. The van der Waals surface area contributed by atoms with Crippen molar-refractivity contribution in [2.75, 3.05) is 7.05 Å². The van der Waals surface area contributed by atoms with Gasteiger partial charge in [0.1, 0.15) is 11.4 Å². The Morgan fingerprint density at radius 1 is 1.33 bits per heavy atom. The lowest BCUT2D eigenvalue weighted by atomic mass is 10.1. The van der Waals surface area contributed by atoms with E-state index in [2.05, 4.69) is 20.3 Å². The lowest BCUT2D eigenvalue weighted by molar-refractivity contribution is -0.136. The maximum Gasteiger partial charge on any atom is 0.417 e. The molecule has 1 aromatic carbocycles. The Hall–Kier alpha value is -3.56. The molecule has 0 saturated heterocycles. The van der Waals surface area contributed by atoms with Crippen LogP contribution in [0.15, 0.2) is 47.7 Å². The second-order valence-corrected chi connectivity index (χ2v) is 5.42. The smallest absolute Gasteiger partial charge is 0.417 e. The minimum Gasteiger partial charge on any atom is -0.454 e. The molecule has 0 aliphatic carbocycles. The number of amides is 1. The molecule has 2 heterocycles. The average Bonchev–Trinajstić information content (AvgIpc) is 3.07. The third kappa shape index (κ3) is 3.84. The minimum absolute atomic E-state index is 0.00950. The van der Waals surface area contributed by atoms with Crippen molar-refractivity contribution >= 4 is 22.8 Å². The predicted molar refractivity (Wildman–Crippen MR) is 92.6 cm³/mol. The monoisotopic (exact) mass is 377 g/mol. The van der Waals surface area contributed by atoms with Crippen molar-refractivity contribution in [1.82, 2.24) is 15.3 Å². The van der Waals surface area contributed by atoms with E-state index in [4.69, 9.17) is 10.5 Å². The number of nitrogens with two attached hydrogens (primary N) is 1. The van der Waals surface area contributed by atoms with Crippen molar-refractivity contribution in [3.05, 3.63) is 54.0 Å². The first kappa shape index (κ1) is 18.2. The normalized spacial score (nSPS) is 12.2. The predicted octanol–water partition coefficient (Wildman–Crippen LogP) is 3.05. The fraction of sp³-hybridized carbons (Fsp3) is 0.118. The van der Waals surface area contributed by atoms with Crippen LogP contribution in [0.3, 0.4) is 0 Å². The highest BCUT2D eigenvalue weighted by Gasteiger charge is 2.34. The van der Waals surface area contributed by atoms with E-state index >= 15 is 0 Å². The van der Waals surface area contributed by atoms with Gasteiger partial charge in [0, 0.05) is 18.6 Å². The van der Waals surface area contributed by atoms with Gasteiger partial charge in [-0.15, -0.1) is 0 Å². The first-order valence-electron chi connectivity index (χ1n) is 7.66. The molecular formula is C17H14F3N5O2. The molecule has 7 nitrogen and oxygen atoms in total. The van der Waals surface area contributed by atoms with Gasteiger partial charge >= 0.3 is 6.18 Å². The van der Waals surface area contributed by atoms with Crippen molar-refractivity contribution in [2.45, 2.75) is 6.18 Å². The van der Waals surface area contributed by atoms with Gasteiger partial charge in [-0.1, -0.05) is 0 Å². The molecule has 0 bridgehead atoms. The van der Waals surface area contributed by atoms with Crippen molar-refractivity contribution < 1.29 is 22.7 Å². The number of ether oxygens (including phenoxy) is 1. The highest BCUT2D eigenvalue weighted by Crippen LogP contribution is 2.39. The summed E-state index contributed by atoms with van der Waals surface area (Å²) in [4.78, 5) is 22.2. The Morgan fingerprint density at radius 3 is 2.74 bits per heavy atom. The van der Waals surface area contributed by atoms with Gasteiger partial charge in [0.15, 0.2) is 11.7 Å². The van der Waals surface area contributed by atoms with Gasteiger partial charge in [0.2, 0.25) is 0 Å². The van der Waals surface area contributed by atoms with E-state index in [1.54, 1.807) is 12.1 Å². The van der Waals surface area contributed by atoms with Crippen LogP contribution in [0.1, 0.15) is 16.1 Å². The van der Waals surface area contributed by atoms with Gasteiger partial charge in [0.05, 0.1) is 17.3 Å². The molecule has 0 radical (unpaired) electrons. The van der Waals surface area contributed by atoms with E-state index in [9.17, 15) is 18.0 Å². The molecule has 10 heteroatoms. The molecular weight excluding hydrogens is 363 g/mol. The number of hydrogen-bond donors (Lipinski definition) is 3. The molecule has 27 heavy (non-hydrogen) atoms. The van der Waals surface area contributed by atoms with Crippen LogP contribution in [0, 0.1) is 0 Å². The number of carbonyl (C=O) groups excluding carboxylic acids is 1. The van der Waals surface area contributed by atoms with Crippen LogP contribution in [-0.4, -0.2) is 28.9 Å². The van der Waals surface area contributed by atoms with Crippen LogP contribution >= 0.6 is 0 Å². The molecule has 3 rings (SSSR count). The topological polar surface area (TPSA) is 105 Å². The number of carbonyl (C=O) groups is 1. The number of aliphatic imine (C=N–C) groups is 1. The first-order valence-corrected chi connectivity index (χ1v) is 7.66. The average molecular weight is 377 g/mol. The first-order chi connectivity index (χ1) is 12.8. The second kappa shape index (κ2) is 6.98. The van der Waals surface area contributed by atoms with Crippen LogP contribution < -0.4 is 15.8 Å². The summed E-state index contributed by atoms with van der Waals surface area (Å²) in [6.07, 6.45) is -1.66. The van der Waals surface area contributed by atoms with E-state index in [0.29, 0.717) is 5.75 Å². The highest BCUT2D eigenvalue weighted by molar-refractivity contribution is 6.05. The summed E-state index contributed by atoms with van der Waals surface area (Å²) in [6.45, 7) is 0. The number of fused-ring (bicyclic) bond motifs is 1. The number of pyridine rings is 1. The number of aromatic amines is 1. The van der Waals surface area contributed by atoms with E-state index in [1.165, 1.54) is 25.5 Å². The number of aromatic nitrogens is 2. The number of nitrogens with zero attached hydrogens (tertiary/aromatic N) is 2. The van der Waals surface area contributed by atoms with Gasteiger partial charge in [-0.3, -0.25) is 9.78 Å². The Labute approximate surface area is 151 Å². The molecule has 0 aliphatic heterocycles. The van der Waals surface area contributed by atoms with Gasteiger partial charge in [-0.2, -0.15) is 18.2 Å². The molecule has 0 fully saturated rings. The van der Waals surface area contributed by atoms with Crippen LogP contribution in [0.4, 0.5) is 13.2 Å². The second-order valence-electron chi connectivity index (χ2n) is 5.42. The maximum absolute atomic E-state index is 13.3. The van der Waals surface area contributed by atoms with Gasteiger partial charge in [-0.05, 0) is 30.3 Å². The number of H-pyrrole nitrogens is 1. The summed E-state index contributed by atoms with van der Waals surface area (Å²) < 4.78 is 45.6. The minimum atomic E-state index is -4.61. The zero-order chi connectivity index (χ0) is 19.6. The molecule has 0 unspecified atom stereocenters. The fourth-order valence-electron chi connectivity index (χ4n) is 2.40. The van der Waals surface area contributed by atoms with E-state index in [-0.39, 0.29) is 28.3 Å². The summed E-state index contributed by atoms with van der Waals surface area (Å²) >= 11 is 0. The zero-order valence-corrected chi connectivity index (χ0v) is 14.0. The van der Waals surface area contributed by atoms with Crippen LogP contribution in [0.25, 0.3) is 10.9 Å². The number of hydrogen-bond acceptors (Lipinski definition) is 3. The van der Waals surface area contributed by atoms with Crippen molar-refractivity contribution in [3.63, 3.8) is 0 Å². The zero-order valence-electron chi connectivity index (χ0n) is 14.0. The molecule has 0 saturated carbocycles. The third-order valence-corrected chi connectivity index (χ3v) is 3.63. The van der Waals surface area contributed by atoms with Crippen LogP contribution in [0.5, 0.6) is 11.5 Å². The van der Waals surface area contributed by atoms with Crippen molar-refractivity contribution in [2.24, 2.45) is 10.7 Å². The summed E-state index contributed by atoms with van der Waals surface area (Å²) in [7, 11) is 1.46. The molecule has 4 N–H and O–H groups in total. The quantitative estimate of drug-likeness (QED) is 0.481. The SMILES string of the molecule is CNC(N)=NC(=O)c1cc2c(C(F)(F)F)ccc(Oc3cccnc3)c2[nH]1. The molecule has 1 amide bonds. The van der Waals surface area contributed by atoms with E-state index in [1.807, 2.05) is 0 Å². The van der Waals surface area contributed by atoms with Crippen molar-refractivity contribution in [1.29, 1.82) is 0 Å². The molecule has 2 aromatic heterocycles. The van der Waals surface area contributed by atoms with Crippen LogP contribution in [0.2, 0.25) is 0 Å². The molecule has 140 valence electrons. The summed E-state index contributed by atoms with van der Waals surface area (Å²) in [5.74, 6) is -0.547. The van der Waals surface area contributed by atoms with Crippen LogP contribution in [-0.2, 0) is 6.18 Å². The van der Waals surface area contributed by atoms with Gasteiger partial charge in [-0.25, -0.2) is 0 Å². The fourth-order valence-corrected chi connectivity index (χ4v) is 2.40. The molecule has 0 aliphatic rings. The molecule has 0 atom stereocenters. The number of alkyl halides is 3. The van der Waals surface area contributed by atoms with Gasteiger partial charge in [0.25, 0.3) is 5.91 Å². The number of halogens is 3. The highest BCUT2D eigenvalue weighted by atomic mass is 19.4. The Balaban J connectivity index is 2.14.